The number of carbonyl (C=O) groups is 1. The molecule has 0 radical (unpaired) electrons. The standard InChI is InChI=1S/C13H14FN3O2/c1-9-6-12(17-19-9)15-8-13(18)16-7-10-4-2-3-5-11(10)14/h2-6H,7-8H2,1H3,(H,15,17)(H,16,18). The number of rotatable bonds is 5. The minimum Gasteiger partial charge on any atom is -0.360 e. The molecule has 1 amide bonds. The van der Waals surface area contributed by atoms with Gasteiger partial charge in [0.15, 0.2) is 5.82 Å². The molecule has 0 saturated carbocycles. The van der Waals surface area contributed by atoms with E-state index in [1.54, 1.807) is 31.2 Å². The number of carbonyl (C=O) groups excluding carboxylic acids is 1. The summed E-state index contributed by atoms with van der Waals surface area (Å²) in [5, 5.41) is 9.12. The van der Waals surface area contributed by atoms with Gasteiger partial charge in [0.25, 0.3) is 0 Å². The molecule has 2 aromatic rings. The summed E-state index contributed by atoms with van der Waals surface area (Å²) in [5.41, 5.74) is 0.452. The summed E-state index contributed by atoms with van der Waals surface area (Å²) in [6.07, 6.45) is 0. The maximum atomic E-state index is 13.3. The molecular weight excluding hydrogens is 249 g/mol. The van der Waals surface area contributed by atoms with Gasteiger partial charge in [0.1, 0.15) is 11.6 Å². The van der Waals surface area contributed by atoms with E-state index in [1.165, 1.54) is 6.07 Å². The molecule has 6 heteroatoms. The Labute approximate surface area is 109 Å². The van der Waals surface area contributed by atoms with Crippen molar-refractivity contribution in [3.63, 3.8) is 0 Å². The Hall–Kier alpha value is -2.37. The molecule has 0 bridgehead atoms. The van der Waals surface area contributed by atoms with Gasteiger partial charge in [-0.25, -0.2) is 4.39 Å². The number of amides is 1. The number of anilines is 1. The number of nitrogens with zero attached hydrogens (tertiary/aromatic N) is 1. The van der Waals surface area contributed by atoms with Crippen LogP contribution in [0.2, 0.25) is 0 Å². The number of hydrogen-bond donors (Lipinski definition) is 2. The number of benzene rings is 1. The van der Waals surface area contributed by atoms with Crippen molar-refractivity contribution in [2.24, 2.45) is 0 Å². The second kappa shape index (κ2) is 5.99. The van der Waals surface area contributed by atoms with E-state index in [2.05, 4.69) is 15.8 Å². The van der Waals surface area contributed by atoms with Crippen LogP contribution in [0, 0.1) is 12.7 Å². The van der Waals surface area contributed by atoms with Crippen molar-refractivity contribution in [3.05, 3.63) is 47.5 Å². The average Bonchev–Trinajstić information content (AvgIpc) is 2.81. The first-order chi connectivity index (χ1) is 9.15. The van der Waals surface area contributed by atoms with E-state index in [4.69, 9.17) is 4.52 Å². The second-order valence-electron chi connectivity index (χ2n) is 4.04. The quantitative estimate of drug-likeness (QED) is 0.864. The molecule has 100 valence electrons. The summed E-state index contributed by atoms with van der Waals surface area (Å²) in [5.74, 6) is 0.583. The van der Waals surface area contributed by atoms with Crippen LogP contribution in [0.1, 0.15) is 11.3 Å². The maximum Gasteiger partial charge on any atom is 0.239 e. The third-order valence-electron chi connectivity index (χ3n) is 2.49. The van der Waals surface area contributed by atoms with E-state index in [9.17, 15) is 9.18 Å². The number of hydrogen-bond acceptors (Lipinski definition) is 4. The molecule has 19 heavy (non-hydrogen) atoms. The molecule has 0 unspecified atom stereocenters. The number of halogens is 1. The average molecular weight is 263 g/mol. The first-order valence-corrected chi connectivity index (χ1v) is 5.82. The lowest BCUT2D eigenvalue weighted by Crippen LogP contribution is -2.29. The summed E-state index contributed by atoms with van der Waals surface area (Å²) in [6.45, 7) is 1.97. The van der Waals surface area contributed by atoms with Crippen LogP contribution in [0.5, 0.6) is 0 Å². The molecular formula is C13H14FN3O2. The van der Waals surface area contributed by atoms with Crippen LogP contribution in [-0.2, 0) is 11.3 Å². The van der Waals surface area contributed by atoms with E-state index in [0.717, 1.165) is 0 Å². The van der Waals surface area contributed by atoms with E-state index in [1.807, 2.05) is 0 Å². The normalized spacial score (nSPS) is 10.2. The molecule has 2 rings (SSSR count). The molecule has 0 aliphatic rings. The molecule has 0 spiro atoms. The molecule has 1 aromatic heterocycles. The fraction of sp³-hybridized carbons (Fsp3) is 0.231. The lowest BCUT2D eigenvalue weighted by atomic mass is 10.2. The molecule has 1 aromatic carbocycles. The minimum absolute atomic E-state index is 0.0560. The smallest absolute Gasteiger partial charge is 0.239 e. The highest BCUT2D eigenvalue weighted by atomic mass is 19.1. The third kappa shape index (κ3) is 3.80. The zero-order valence-electron chi connectivity index (χ0n) is 10.4. The SMILES string of the molecule is Cc1cc(NCC(=O)NCc2ccccc2F)no1. The predicted molar refractivity (Wildman–Crippen MR) is 68.0 cm³/mol. The molecule has 0 atom stereocenters. The molecule has 1 heterocycles. The summed E-state index contributed by atoms with van der Waals surface area (Å²) < 4.78 is 18.2. The van der Waals surface area contributed by atoms with Gasteiger partial charge in [-0.1, -0.05) is 23.4 Å². The van der Waals surface area contributed by atoms with Crippen molar-refractivity contribution in [1.82, 2.24) is 10.5 Å². The van der Waals surface area contributed by atoms with E-state index in [0.29, 0.717) is 17.1 Å². The first-order valence-electron chi connectivity index (χ1n) is 5.82. The fourth-order valence-electron chi connectivity index (χ4n) is 1.52. The summed E-state index contributed by atoms with van der Waals surface area (Å²) >= 11 is 0. The third-order valence-corrected chi connectivity index (χ3v) is 2.49. The van der Waals surface area contributed by atoms with Gasteiger partial charge in [0.2, 0.25) is 5.91 Å². The molecule has 0 aliphatic carbocycles. The summed E-state index contributed by atoms with van der Waals surface area (Å²) in [4.78, 5) is 11.6. The Bertz CT molecular complexity index is 569. The van der Waals surface area contributed by atoms with E-state index < -0.39 is 0 Å². The molecule has 0 fully saturated rings. The number of nitrogens with one attached hydrogen (secondary N) is 2. The van der Waals surface area contributed by atoms with Gasteiger partial charge in [-0.05, 0) is 13.0 Å². The fourth-order valence-corrected chi connectivity index (χ4v) is 1.52. The lowest BCUT2D eigenvalue weighted by molar-refractivity contribution is -0.119. The van der Waals surface area contributed by atoms with Crippen LogP contribution in [-0.4, -0.2) is 17.6 Å². The zero-order valence-corrected chi connectivity index (χ0v) is 10.4. The largest absolute Gasteiger partial charge is 0.360 e. The van der Waals surface area contributed by atoms with Gasteiger partial charge < -0.3 is 15.2 Å². The maximum absolute atomic E-state index is 13.3. The highest BCUT2D eigenvalue weighted by Gasteiger charge is 2.05. The number of aromatic nitrogens is 1. The van der Waals surface area contributed by atoms with Crippen LogP contribution in [0.3, 0.4) is 0 Å². The minimum atomic E-state index is -0.331. The van der Waals surface area contributed by atoms with Gasteiger partial charge in [-0.2, -0.15) is 0 Å². The predicted octanol–water partition coefficient (Wildman–Crippen LogP) is 1.85. The van der Waals surface area contributed by atoms with Gasteiger partial charge >= 0.3 is 0 Å². The van der Waals surface area contributed by atoms with Gasteiger partial charge in [-0.15, -0.1) is 0 Å². The Balaban J connectivity index is 1.77. The van der Waals surface area contributed by atoms with Crippen molar-refractivity contribution in [3.8, 4) is 0 Å². The second-order valence-corrected chi connectivity index (χ2v) is 4.04. The van der Waals surface area contributed by atoms with Crippen LogP contribution < -0.4 is 10.6 Å². The van der Waals surface area contributed by atoms with Crippen LogP contribution in [0.15, 0.2) is 34.9 Å². The molecule has 0 saturated heterocycles. The monoisotopic (exact) mass is 263 g/mol. The van der Waals surface area contributed by atoms with Crippen LogP contribution in [0.4, 0.5) is 10.2 Å². The van der Waals surface area contributed by atoms with Crippen molar-refractivity contribution in [2.75, 3.05) is 11.9 Å². The Kier molecular flexibility index (Phi) is 4.12. The van der Waals surface area contributed by atoms with E-state index in [-0.39, 0.29) is 24.8 Å². The molecule has 5 nitrogen and oxygen atoms in total. The van der Waals surface area contributed by atoms with Crippen molar-refractivity contribution < 1.29 is 13.7 Å². The highest BCUT2D eigenvalue weighted by Crippen LogP contribution is 2.07. The van der Waals surface area contributed by atoms with Crippen LogP contribution in [0.25, 0.3) is 0 Å². The highest BCUT2D eigenvalue weighted by molar-refractivity contribution is 5.80. The van der Waals surface area contributed by atoms with E-state index >= 15 is 0 Å². The molecule has 0 aliphatic heterocycles. The summed E-state index contributed by atoms with van der Waals surface area (Å²) in [7, 11) is 0. The van der Waals surface area contributed by atoms with Gasteiger partial charge in [-0.3, -0.25) is 4.79 Å². The van der Waals surface area contributed by atoms with Gasteiger partial charge in [0.05, 0.1) is 6.54 Å². The number of aryl methyl sites for hydroxylation is 1. The van der Waals surface area contributed by atoms with Crippen molar-refractivity contribution >= 4 is 11.7 Å². The molecule has 2 N–H and O–H groups in total. The van der Waals surface area contributed by atoms with Crippen molar-refractivity contribution in [2.45, 2.75) is 13.5 Å². The van der Waals surface area contributed by atoms with Crippen molar-refractivity contribution in [1.29, 1.82) is 0 Å². The lowest BCUT2D eigenvalue weighted by Gasteiger charge is -2.06. The van der Waals surface area contributed by atoms with Crippen LogP contribution >= 0.6 is 0 Å². The topological polar surface area (TPSA) is 67.2 Å². The first kappa shape index (κ1) is 13.1. The Morgan fingerprint density at radius 1 is 1.42 bits per heavy atom. The Morgan fingerprint density at radius 2 is 2.21 bits per heavy atom. The zero-order chi connectivity index (χ0) is 13.7. The van der Waals surface area contributed by atoms with Gasteiger partial charge in [0, 0.05) is 18.2 Å². The Morgan fingerprint density at radius 3 is 2.89 bits per heavy atom. The summed E-state index contributed by atoms with van der Waals surface area (Å²) in [6, 6.07) is 8.00.